The number of nitro groups is 1. The number of rotatable bonds is 6. The third-order valence-corrected chi connectivity index (χ3v) is 7.02. The van der Waals surface area contributed by atoms with Crippen LogP contribution in [0.5, 0.6) is 0 Å². The molecule has 2 unspecified atom stereocenters. The van der Waals surface area contributed by atoms with Crippen molar-refractivity contribution in [1.29, 1.82) is 0 Å². The zero-order chi connectivity index (χ0) is 22.3. The Bertz CT molecular complexity index is 1190. The number of nitrogens with zero attached hydrogens (tertiary/aromatic N) is 3. The van der Waals surface area contributed by atoms with Gasteiger partial charge < -0.3 is 9.88 Å². The average molecular weight is 485 g/mol. The molecule has 0 radical (unpaired) electrons. The smallest absolute Gasteiger partial charge is 0.279 e. The molecule has 2 atom stereocenters. The molecule has 160 valence electrons. The van der Waals surface area contributed by atoms with Crippen LogP contribution < -0.4 is 0 Å². The zero-order valence-corrected chi connectivity index (χ0v) is 18.6. The Hall–Kier alpha value is -3.04. The van der Waals surface area contributed by atoms with E-state index in [1.807, 2.05) is 24.3 Å². The minimum atomic E-state index is -1.15. The third-order valence-electron chi connectivity index (χ3n) is 6.25. The number of halogens is 1. The molecular formula is C22H21BrN4O4. The van der Waals surface area contributed by atoms with E-state index in [0.29, 0.717) is 22.9 Å². The Morgan fingerprint density at radius 3 is 2.61 bits per heavy atom. The number of carbonyl (C=O) groups is 2. The van der Waals surface area contributed by atoms with E-state index in [1.54, 1.807) is 37.3 Å². The first-order chi connectivity index (χ1) is 14.8. The van der Waals surface area contributed by atoms with Crippen LogP contribution in [0.4, 0.5) is 5.69 Å². The van der Waals surface area contributed by atoms with Crippen LogP contribution in [0.1, 0.15) is 11.1 Å². The molecular weight excluding hydrogens is 464 g/mol. The topological polar surface area (TPSA) is 99.5 Å². The maximum Gasteiger partial charge on any atom is 0.279 e. The lowest BCUT2D eigenvalue weighted by molar-refractivity contribution is -0.383. The fourth-order valence-corrected chi connectivity index (χ4v) is 4.86. The van der Waals surface area contributed by atoms with Gasteiger partial charge in [0.2, 0.25) is 5.91 Å². The van der Waals surface area contributed by atoms with Gasteiger partial charge in [0.25, 0.3) is 5.69 Å². The highest BCUT2D eigenvalue weighted by Crippen LogP contribution is 2.36. The van der Waals surface area contributed by atoms with Gasteiger partial charge in [-0.05, 0) is 36.7 Å². The van der Waals surface area contributed by atoms with Crippen molar-refractivity contribution in [1.82, 2.24) is 14.8 Å². The molecule has 1 N–H and O–H groups in total. The van der Waals surface area contributed by atoms with Crippen LogP contribution in [0.3, 0.4) is 0 Å². The number of carbonyl (C=O) groups excluding carboxylic acids is 2. The predicted octanol–water partition coefficient (Wildman–Crippen LogP) is 3.29. The number of fused-ring (bicyclic) bond motifs is 1. The van der Waals surface area contributed by atoms with Crippen molar-refractivity contribution in [3.63, 3.8) is 0 Å². The predicted molar refractivity (Wildman–Crippen MR) is 120 cm³/mol. The highest BCUT2D eigenvalue weighted by Gasteiger charge is 2.53. The van der Waals surface area contributed by atoms with Crippen molar-refractivity contribution >= 4 is 44.7 Å². The molecule has 2 aromatic carbocycles. The number of likely N-dealkylation sites (N-methyl/N-ethyl adjacent to an activating group) is 2. The SMILES string of the molecule is CN1C(=O)C(Cc2c[nH]c3cccc([N+](=O)[O-])c23)N(C)C1(C=O)Cc1ccccc1Br. The molecule has 1 amide bonds. The van der Waals surface area contributed by atoms with Crippen LogP contribution in [-0.2, 0) is 22.4 Å². The summed E-state index contributed by atoms with van der Waals surface area (Å²) in [6, 6.07) is 11.8. The van der Waals surface area contributed by atoms with Gasteiger partial charge in [-0.1, -0.05) is 40.2 Å². The normalized spacial score (nSPS) is 21.7. The molecule has 1 aliphatic rings. The lowest BCUT2D eigenvalue weighted by atomic mass is 9.98. The second-order valence-electron chi connectivity index (χ2n) is 7.76. The summed E-state index contributed by atoms with van der Waals surface area (Å²) in [5, 5.41) is 12.0. The summed E-state index contributed by atoms with van der Waals surface area (Å²) < 4.78 is 0.862. The fraction of sp³-hybridized carbons (Fsp3) is 0.273. The Kier molecular flexibility index (Phi) is 5.40. The number of aromatic amines is 1. The average Bonchev–Trinajstić information content (AvgIpc) is 3.24. The third kappa shape index (κ3) is 3.34. The summed E-state index contributed by atoms with van der Waals surface area (Å²) in [5.41, 5.74) is 1.06. The van der Waals surface area contributed by atoms with Gasteiger partial charge in [-0.25, -0.2) is 0 Å². The van der Waals surface area contributed by atoms with Crippen molar-refractivity contribution in [2.75, 3.05) is 14.1 Å². The van der Waals surface area contributed by atoms with Crippen molar-refractivity contribution in [3.8, 4) is 0 Å². The Labute approximate surface area is 187 Å². The number of hydrogen-bond acceptors (Lipinski definition) is 5. The van der Waals surface area contributed by atoms with Crippen molar-refractivity contribution in [2.24, 2.45) is 0 Å². The van der Waals surface area contributed by atoms with Gasteiger partial charge in [0.05, 0.1) is 21.9 Å². The first-order valence-corrected chi connectivity index (χ1v) is 10.5. The number of aromatic nitrogens is 1. The lowest BCUT2D eigenvalue weighted by Gasteiger charge is -2.36. The maximum absolute atomic E-state index is 13.2. The Balaban J connectivity index is 1.72. The second-order valence-corrected chi connectivity index (χ2v) is 8.62. The number of non-ortho nitro benzene ring substituents is 1. The lowest BCUT2D eigenvalue weighted by Crippen LogP contribution is -2.55. The number of aldehydes is 1. The molecule has 0 bridgehead atoms. The minimum absolute atomic E-state index is 0.00919. The number of H-pyrrole nitrogens is 1. The fourth-order valence-electron chi connectivity index (χ4n) is 4.44. The van der Waals surface area contributed by atoms with E-state index in [0.717, 1.165) is 16.3 Å². The quantitative estimate of drug-likeness (QED) is 0.328. The van der Waals surface area contributed by atoms with Gasteiger partial charge in [-0.3, -0.25) is 24.6 Å². The van der Waals surface area contributed by atoms with Crippen LogP contribution in [-0.4, -0.2) is 57.7 Å². The molecule has 1 aromatic heterocycles. The molecule has 1 fully saturated rings. The molecule has 9 heteroatoms. The summed E-state index contributed by atoms with van der Waals surface area (Å²) >= 11 is 3.52. The Morgan fingerprint density at radius 1 is 1.19 bits per heavy atom. The van der Waals surface area contributed by atoms with Crippen LogP contribution in [0.2, 0.25) is 0 Å². The van der Waals surface area contributed by atoms with E-state index < -0.39 is 16.6 Å². The van der Waals surface area contributed by atoms with E-state index >= 15 is 0 Å². The number of hydrogen-bond donors (Lipinski definition) is 1. The van der Waals surface area contributed by atoms with Crippen LogP contribution in [0, 0.1) is 10.1 Å². The van der Waals surface area contributed by atoms with E-state index in [9.17, 15) is 19.7 Å². The number of benzene rings is 2. The summed E-state index contributed by atoms with van der Waals surface area (Å²) in [7, 11) is 3.38. The molecule has 0 saturated carbocycles. The largest absolute Gasteiger partial charge is 0.361 e. The van der Waals surface area contributed by atoms with E-state index in [-0.39, 0.29) is 18.0 Å². The monoisotopic (exact) mass is 484 g/mol. The molecule has 2 heterocycles. The molecule has 1 saturated heterocycles. The summed E-state index contributed by atoms with van der Waals surface area (Å²) in [6.07, 6.45) is 3.08. The zero-order valence-electron chi connectivity index (χ0n) is 17.0. The van der Waals surface area contributed by atoms with Crippen LogP contribution in [0.15, 0.2) is 53.1 Å². The summed E-state index contributed by atoms with van der Waals surface area (Å²) in [5.74, 6) is -0.199. The first-order valence-electron chi connectivity index (χ1n) is 9.74. The van der Waals surface area contributed by atoms with Gasteiger partial charge in [0.15, 0.2) is 11.9 Å². The van der Waals surface area contributed by atoms with Gasteiger partial charge in [-0.15, -0.1) is 0 Å². The van der Waals surface area contributed by atoms with E-state index in [2.05, 4.69) is 20.9 Å². The molecule has 1 aliphatic heterocycles. The molecule has 0 spiro atoms. The van der Waals surface area contributed by atoms with Gasteiger partial charge in [0.1, 0.15) is 0 Å². The Morgan fingerprint density at radius 2 is 1.94 bits per heavy atom. The standard InChI is InChI=1S/C22H21BrN4O4/c1-25-19(10-15-12-24-17-8-5-9-18(20(15)17)27(30)31)21(29)26(2)22(25,13-28)11-14-6-3-4-7-16(14)23/h3-9,12-13,19,24H,10-11H2,1-2H3. The summed E-state index contributed by atoms with van der Waals surface area (Å²) in [6.45, 7) is 0. The van der Waals surface area contributed by atoms with Gasteiger partial charge >= 0.3 is 0 Å². The van der Waals surface area contributed by atoms with Gasteiger partial charge in [-0.2, -0.15) is 0 Å². The molecule has 4 rings (SSSR count). The second kappa shape index (κ2) is 7.90. The van der Waals surface area contributed by atoms with E-state index in [4.69, 9.17) is 0 Å². The van der Waals surface area contributed by atoms with Crippen molar-refractivity contribution in [2.45, 2.75) is 24.5 Å². The van der Waals surface area contributed by atoms with Crippen LogP contribution >= 0.6 is 15.9 Å². The molecule has 31 heavy (non-hydrogen) atoms. The molecule has 3 aromatic rings. The highest BCUT2D eigenvalue weighted by molar-refractivity contribution is 9.10. The molecule has 0 aliphatic carbocycles. The summed E-state index contributed by atoms with van der Waals surface area (Å²) in [4.78, 5) is 43.0. The highest BCUT2D eigenvalue weighted by atomic mass is 79.9. The number of amides is 1. The van der Waals surface area contributed by atoms with Gasteiger partial charge in [0, 0.05) is 30.2 Å². The maximum atomic E-state index is 13.2. The number of nitrogens with one attached hydrogen (secondary N) is 1. The minimum Gasteiger partial charge on any atom is -0.361 e. The van der Waals surface area contributed by atoms with Crippen molar-refractivity contribution in [3.05, 3.63) is 74.4 Å². The van der Waals surface area contributed by atoms with Crippen LogP contribution in [0.25, 0.3) is 10.9 Å². The first kappa shape index (κ1) is 21.2. The van der Waals surface area contributed by atoms with Crippen molar-refractivity contribution < 1.29 is 14.5 Å². The number of nitro benzene ring substituents is 1. The molecule has 8 nitrogen and oxygen atoms in total. The van der Waals surface area contributed by atoms with E-state index in [1.165, 1.54) is 11.0 Å².